The number of phosphoric acid groups is 1. The van der Waals surface area contributed by atoms with Gasteiger partial charge in [0.15, 0.2) is 0 Å². The fraction of sp³-hybridized carbons (Fsp3) is 1.00. The molecule has 0 amide bonds. The normalized spacial score (nSPS) is 14.0. The van der Waals surface area contributed by atoms with Gasteiger partial charge >= 0.3 is 7.82 Å². The minimum atomic E-state index is -3.88. The Morgan fingerprint density at radius 3 is 1.22 bits per heavy atom. The molecule has 1 atom stereocenters. The largest absolute Gasteiger partial charge is 0.472 e. The summed E-state index contributed by atoms with van der Waals surface area (Å²) in [6.07, 6.45) is 25.4. The van der Waals surface area contributed by atoms with E-state index < -0.39 is 7.82 Å². The molecule has 0 aromatic carbocycles. The number of unbranched alkanes of at least 4 members (excludes halogenated alkanes) is 18. The van der Waals surface area contributed by atoms with Gasteiger partial charge in [-0.3, -0.25) is 9.05 Å². The van der Waals surface area contributed by atoms with Crippen LogP contribution in [0.15, 0.2) is 0 Å². The second kappa shape index (κ2) is 21.6. The fourth-order valence-corrected chi connectivity index (χ4v) is 4.57. The van der Waals surface area contributed by atoms with E-state index in [1.807, 2.05) is 21.1 Å². The molecule has 0 aromatic heterocycles. The number of quaternary nitrogens is 1. The Bertz CT molecular complexity index is 440. The molecule has 1 N–H and O–H groups in total. The maximum absolute atomic E-state index is 11.8. The molecule has 0 saturated carbocycles. The molecule has 194 valence electrons. The van der Waals surface area contributed by atoms with Gasteiger partial charge in [-0.2, -0.15) is 0 Å². The van der Waals surface area contributed by atoms with Crippen LogP contribution < -0.4 is 0 Å². The summed E-state index contributed by atoms with van der Waals surface area (Å²) >= 11 is 0. The van der Waals surface area contributed by atoms with Gasteiger partial charge in [0, 0.05) is 0 Å². The van der Waals surface area contributed by atoms with E-state index in [1.54, 1.807) is 0 Å². The van der Waals surface area contributed by atoms with Gasteiger partial charge in [-0.15, -0.1) is 0 Å². The first kappa shape index (κ1) is 32.1. The second-order valence-corrected chi connectivity index (χ2v) is 12.0. The molecule has 0 spiro atoms. The van der Waals surface area contributed by atoms with E-state index in [4.69, 9.17) is 9.05 Å². The molecule has 0 aliphatic rings. The summed E-state index contributed by atoms with van der Waals surface area (Å²) in [5.41, 5.74) is 0. The second-order valence-electron chi connectivity index (χ2n) is 10.5. The van der Waals surface area contributed by atoms with Gasteiger partial charge in [0.05, 0.1) is 27.7 Å². The number of likely N-dealkylation sites (N-methyl/N-ethyl adjacent to an activating group) is 1. The highest BCUT2D eigenvalue weighted by Gasteiger charge is 2.21. The summed E-state index contributed by atoms with van der Waals surface area (Å²) < 4.78 is 22.6. The molecular formula is C26H57NO4P+. The summed E-state index contributed by atoms with van der Waals surface area (Å²) in [5, 5.41) is 0. The zero-order valence-corrected chi connectivity index (χ0v) is 23.0. The van der Waals surface area contributed by atoms with Gasteiger partial charge in [-0.1, -0.05) is 122 Å². The Morgan fingerprint density at radius 1 is 0.562 bits per heavy atom. The molecule has 0 heterocycles. The van der Waals surface area contributed by atoms with Gasteiger partial charge in [0.25, 0.3) is 0 Å². The average Bonchev–Trinajstić information content (AvgIpc) is 2.71. The Morgan fingerprint density at radius 2 is 0.875 bits per heavy atom. The van der Waals surface area contributed by atoms with Gasteiger partial charge in [-0.25, -0.2) is 4.57 Å². The molecule has 32 heavy (non-hydrogen) atoms. The predicted molar refractivity (Wildman–Crippen MR) is 138 cm³/mol. The number of nitrogens with zero attached hydrogens (tertiary/aromatic N) is 1. The van der Waals surface area contributed by atoms with Crippen LogP contribution in [0.3, 0.4) is 0 Å². The average molecular weight is 479 g/mol. The maximum atomic E-state index is 11.8. The van der Waals surface area contributed by atoms with Crippen molar-refractivity contribution in [2.45, 2.75) is 129 Å². The summed E-state index contributed by atoms with van der Waals surface area (Å²) in [4.78, 5) is 9.67. The van der Waals surface area contributed by atoms with Crippen molar-refractivity contribution in [1.29, 1.82) is 0 Å². The first-order valence-corrected chi connectivity index (χ1v) is 15.2. The molecule has 0 saturated heterocycles. The van der Waals surface area contributed by atoms with Crippen LogP contribution in [0.5, 0.6) is 0 Å². The highest BCUT2D eigenvalue weighted by molar-refractivity contribution is 7.47. The van der Waals surface area contributed by atoms with Crippen molar-refractivity contribution in [1.82, 2.24) is 0 Å². The SMILES string of the molecule is CCCCCCCCCCCCCCCCCCCCCOP(=O)(O)OCC[N+](C)(C)C. The van der Waals surface area contributed by atoms with Crippen LogP contribution in [0.1, 0.15) is 129 Å². The van der Waals surface area contributed by atoms with Crippen molar-refractivity contribution < 1.29 is 23.0 Å². The van der Waals surface area contributed by atoms with E-state index in [0.717, 1.165) is 12.8 Å². The minimum absolute atomic E-state index is 0.233. The molecule has 0 aliphatic heterocycles. The third-order valence-electron chi connectivity index (χ3n) is 6.02. The first-order valence-electron chi connectivity index (χ1n) is 13.7. The maximum Gasteiger partial charge on any atom is 0.472 e. The lowest BCUT2D eigenvalue weighted by Gasteiger charge is -2.24. The topological polar surface area (TPSA) is 55.8 Å². The van der Waals surface area contributed by atoms with Crippen LogP contribution >= 0.6 is 7.82 Å². The van der Waals surface area contributed by atoms with E-state index in [1.165, 1.54) is 109 Å². The summed E-state index contributed by atoms with van der Waals surface area (Å²) in [7, 11) is 2.17. The van der Waals surface area contributed by atoms with Gasteiger partial charge in [0.2, 0.25) is 0 Å². The van der Waals surface area contributed by atoms with Crippen LogP contribution in [0.25, 0.3) is 0 Å². The number of phosphoric ester groups is 1. The summed E-state index contributed by atoms with van der Waals surface area (Å²) in [6.45, 7) is 3.49. The molecule has 0 aliphatic carbocycles. The zero-order valence-electron chi connectivity index (χ0n) is 22.1. The van der Waals surface area contributed by atoms with Crippen LogP contribution in [0, 0.1) is 0 Å². The van der Waals surface area contributed by atoms with Crippen molar-refractivity contribution in [3.8, 4) is 0 Å². The first-order chi connectivity index (χ1) is 15.3. The fourth-order valence-electron chi connectivity index (χ4n) is 3.83. The Balaban J connectivity index is 3.24. The Labute approximate surface area is 200 Å². The third kappa shape index (κ3) is 26.3. The predicted octanol–water partition coefficient (Wildman–Crippen LogP) is 8.26. The standard InChI is InChI=1S/C26H56NO4P/c1-5-6-7-8-9-10-11-12-13-14-15-16-17-18-19-20-21-22-23-25-30-32(28,29)31-26-24-27(2,3)4/h5-26H2,1-4H3/p+1. The zero-order chi connectivity index (χ0) is 24.0. The lowest BCUT2D eigenvalue weighted by molar-refractivity contribution is -0.870. The van der Waals surface area contributed by atoms with Crippen LogP contribution in [0.2, 0.25) is 0 Å². The van der Waals surface area contributed by atoms with E-state index in [0.29, 0.717) is 17.6 Å². The Kier molecular flexibility index (Phi) is 21.6. The van der Waals surface area contributed by atoms with Gasteiger partial charge in [-0.05, 0) is 6.42 Å². The molecule has 0 fully saturated rings. The van der Waals surface area contributed by atoms with E-state index >= 15 is 0 Å². The number of hydrogen-bond acceptors (Lipinski definition) is 3. The monoisotopic (exact) mass is 478 g/mol. The van der Waals surface area contributed by atoms with E-state index in [9.17, 15) is 9.46 Å². The Hall–Kier alpha value is 0.0700. The molecular weight excluding hydrogens is 421 g/mol. The smallest absolute Gasteiger partial charge is 0.329 e. The molecule has 0 radical (unpaired) electrons. The van der Waals surface area contributed by atoms with Gasteiger partial charge < -0.3 is 9.38 Å². The number of rotatable bonds is 25. The van der Waals surface area contributed by atoms with Crippen LogP contribution in [-0.4, -0.2) is 50.3 Å². The lowest BCUT2D eigenvalue weighted by Crippen LogP contribution is -2.37. The summed E-state index contributed by atoms with van der Waals surface area (Å²) in [6, 6.07) is 0. The molecule has 0 rings (SSSR count). The van der Waals surface area contributed by atoms with Crippen molar-refractivity contribution >= 4 is 7.82 Å². The summed E-state index contributed by atoms with van der Waals surface area (Å²) in [5.74, 6) is 0. The van der Waals surface area contributed by atoms with Crippen molar-refractivity contribution in [3.05, 3.63) is 0 Å². The lowest BCUT2D eigenvalue weighted by atomic mass is 10.0. The van der Waals surface area contributed by atoms with Gasteiger partial charge in [0.1, 0.15) is 13.2 Å². The highest BCUT2D eigenvalue weighted by Crippen LogP contribution is 2.43. The number of hydrogen-bond donors (Lipinski definition) is 1. The van der Waals surface area contributed by atoms with Crippen molar-refractivity contribution in [2.75, 3.05) is 40.9 Å². The van der Waals surface area contributed by atoms with Crippen LogP contribution in [0.4, 0.5) is 0 Å². The third-order valence-corrected chi connectivity index (χ3v) is 7.04. The van der Waals surface area contributed by atoms with E-state index in [-0.39, 0.29) is 6.61 Å². The molecule has 0 bridgehead atoms. The van der Waals surface area contributed by atoms with Crippen molar-refractivity contribution in [3.63, 3.8) is 0 Å². The molecule has 6 heteroatoms. The minimum Gasteiger partial charge on any atom is -0.329 e. The quantitative estimate of drug-likeness (QED) is 0.0815. The molecule has 5 nitrogen and oxygen atoms in total. The highest BCUT2D eigenvalue weighted by atomic mass is 31.2. The van der Waals surface area contributed by atoms with Crippen molar-refractivity contribution in [2.24, 2.45) is 0 Å². The molecule has 0 aromatic rings. The molecule has 1 unspecified atom stereocenters. The van der Waals surface area contributed by atoms with Crippen LogP contribution in [-0.2, 0) is 13.6 Å². The van der Waals surface area contributed by atoms with E-state index in [2.05, 4.69) is 6.92 Å².